The van der Waals surface area contributed by atoms with Crippen LogP contribution in [0.3, 0.4) is 0 Å². The highest BCUT2D eigenvalue weighted by Gasteiger charge is 2.16. The highest BCUT2D eigenvalue weighted by Crippen LogP contribution is 2.22. The van der Waals surface area contributed by atoms with Crippen molar-refractivity contribution in [2.24, 2.45) is 0 Å². The van der Waals surface area contributed by atoms with Gasteiger partial charge in [-0.3, -0.25) is 9.59 Å². The normalized spacial score (nSPS) is 11.8. The predicted octanol–water partition coefficient (Wildman–Crippen LogP) is 2.55. The molecule has 0 aliphatic carbocycles. The van der Waals surface area contributed by atoms with Gasteiger partial charge in [-0.25, -0.2) is 0 Å². The van der Waals surface area contributed by atoms with E-state index in [2.05, 4.69) is 15.3 Å². The summed E-state index contributed by atoms with van der Waals surface area (Å²) in [5.74, 6) is -0.0218. The van der Waals surface area contributed by atoms with E-state index in [9.17, 15) is 9.59 Å². The highest BCUT2D eigenvalue weighted by atomic mass is 35.5. The number of H-pyrrole nitrogens is 1. The van der Waals surface area contributed by atoms with Crippen LogP contribution in [0.1, 0.15) is 6.92 Å². The second-order valence-corrected chi connectivity index (χ2v) is 6.12. The molecule has 6 nitrogen and oxygen atoms in total. The van der Waals surface area contributed by atoms with Crippen molar-refractivity contribution in [2.45, 2.75) is 17.3 Å². The van der Waals surface area contributed by atoms with Crippen LogP contribution in [0.25, 0.3) is 0 Å². The van der Waals surface area contributed by atoms with Gasteiger partial charge < -0.3 is 15.0 Å². The summed E-state index contributed by atoms with van der Waals surface area (Å²) in [5, 5.41) is 3.14. The molecule has 1 atom stereocenters. The number of carbonyl (C=O) groups excluding carboxylic acids is 1. The first-order valence-corrected chi connectivity index (χ1v) is 7.62. The van der Waals surface area contributed by atoms with Gasteiger partial charge in [0.25, 0.3) is 5.56 Å². The van der Waals surface area contributed by atoms with E-state index >= 15 is 0 Å². The molecule has 1 unspecified atom stereocenters. The van der Waals surface area contributed by atoms with Crippen LogP contribution in [0.4, 0.5) is 5.69 Å². The topological polar surface area (TPSA) is 84.1 Å². The Bertz CT molecular complexity index is 735. The van der Waals surface area contributed by atoms with Crippen LogP contribution in [0.5, 0.6) is 5.88 Å². The van der Waals surface area contributed by atoms with E-state index in [1.807, 2.05) is 0 Å². The minimum Gasteiger partial charge on any atom is -0.481 e. The van der Waals surface area contributed by atoms with Crippen LogP contribution in [-0.4, -0.2) is 28.2 Å². The lowest BCUT2D eigenvalue weighted by atomic mass is 10.3. The van der Waals surface area contributed by atoms with Crippen molar-refractivity contribution >= 4 is 35.0 Å². The van der Waals surface area contributed by atoms with Gasteiger partial charge in [-0.1, -0.05) is 29.4 Å². The number of methoxy groups -OCH3 is 1. The Morgan fingerprint density at radius 3 is 2.91 bits per heavy atom. The largest absolute Gasteiger partial charge is 0.481 e. The molecule has 116 valence electrons. The fraction of sp³-hybridized carbons (Fsp3) is 0.214. The molecule has 1 heterocycles. The van der Waals surface area contributed by atoms with E-state index < -0.39 is 5.25 Å². The number of aromatic nitrogens is 2. The van der Waals surface area contributed by atoms with Gasteiger partial charge in [0, 0.05) is 10.7 Å². The molecule has 2 rings (SSSR count). The van der Waals surface area contributed by atoms with E-state index in [0.29, 0.717) is 15.9 Å². The minimum atomic E-state index is -0.464. The van der Waals surface area contributed by atoms with Crippen LogP contribution >= 0.6 is 23.4 Å². The Morgan fingerprint density at radius 1 is 1.45 bits per heavy atom. The molecular weight excluding hydrogens is 326 g/mol. The third kappa shape index (κ3) is 4.51. The zero-order valence-corrected chi connectivity index (χ0v) is 13.5. The van der Waals surface area contributed by atoms with Crippen molar-refractivity contribution in [1.29, 1.82) is 0 Å². The Balaban J connectivity index is 2.05. The Labute approximate surface area is 136 Å². The van der Waals surface area contributed by atoms with Gasteiger partial charge in [0.15, 0.2) is 5.16 Å². The molecule has 0 spiro atoms. The van der Waals surface area contributed by atoms with E-state index in [-0.39, 0.29) is 17.3 Å². The summed E-state index contributed by atoms with van der Waals surface area (Å²) in [6.07, 6.45) is 0. The minimum absolute atomic E-state index is 0.202. The molecule has 0 saturated heterocycles. The Kier molecular flexibility index (Phi) is 5.46. The van der Waals surface area contributed by atoms with Crippen molar-refractivity contribution < 1.29 is 9.53 Å². The number of thioether (sulfide) groups is 1. The third-order valence-electron chi connectivity index (χ3n) is 2.66. The van der Waals surface area contributed by atoms with Crippen LogP contribution in [-0.2, 0) is 4.79 Å². The monoisotopic (exact) mass is 339 g/mol. The van der Waals surface area contributed by atoms with Gasteiger partial charge in [-0.05, 0) is 25.1 Å². The number of hydrogen-bond acceptors (Lipinski definition) is 5. The number of nitrogens with zero attached hydrogens (tertiary/aromatic N) is 1. The maximum atomic E-state index is 12.1. The molecule has 8 heteroatoms. The summed E-state index contributed by atoms with van der Waals surface area (Å²) in [6.45, 7) is 1.71. The average Bonchev–Trinajstić information content (AvgIpc) is 2.46. The van der Waals surface area contributed by atoms with Crippen molar-refractivity contribution in [3.05, 3.63) is 45.7 Å². The molecule has 0 saturated carbocycles. The molecule has 0 aliphatic heterocycles. The SMILES string of the molecule is COc1cc(=O)[nH]c(SC(C)C(=O)Nc2cccc(Cl)c2)n1. The summed E-state index contributed by atoms with van der Waals surface area (Å²) in [7, 11) is 1.42. The lowest BCUT2D eigenvalue weighted by Crippen LogP contribution is -2.23. The van der Waals surface area contributed by atoms with Crippen LogP contribution in [0, 0.1) is 0 Å². The molecule has 0 fully saturated rings. The molecule has 2 N–H and O–H groups in total. The fourth-order valence-corrected chi connectivity index (χ4v) is 2.60. The van der Waals surface area contributed by atoms with Gasteiger partial charge in [0.2, 0.25) is 11.8 Å². The summed E-state index contributed by atoms with van der Waals surface area (Å²) in [4.78, 5) is 30.2. The van der Waals surface area contributed by atoms with Gasteiger partial charge in [0.1, 0.15) is 0 Å². The van der Waals surface area contributed by atoms with E-state index in [1.165, 1.54) is 13.2 Å². The molecule has 2 aromatic rings. The predicted molar refractivity (Wildman–Crippen MR) is 86.8 cm³/mol. The molecular formula is C14H14ClN3O3S. The number of halogens is 1. The number of rotatable bonds is 5. The second kappa shape index (κ2) is 7.33. The van der Waals surface area contributed by atoms with Crippen molar-refractivity contribution in [3.8, 4) is 5.88 Å². The lowest BCUT2D eigenvalue weighted by molar-refractivity contribution is -0.115. The molecule has 0 radical (unpaired) electrons. The van der Waals surface area contributed by atoms with E-state index in [4.69, 9.17) is 16.3 Å². The number of benzene rings is 1. The zero-order chi connectivity index (χ0) is 16.1. The first-order valence-electron chi connectivity index (χ1n) is 6.36. The Morgan fingerprint density at radius 2 is 2.23 bits per heavy atom. The number of nitrogens with one attached hydrogen (secondary N) is 2. The number of anilines is 1. The first-order chi connectivity index (χ1) is 10.5. The van der Waals surface area contributed by atoms with Crippen LogP contribution < -0.4 is 15.6 Å². The maximum absolute atomic E-state index is 12.1. The molecule has 1 aromatic heterocycles. The van der Waals surface area contributed by atoms with Crippen LogP contribution in [0.2, 0.25) is 5.02 Å². The highest BCUT2D eigenvalue weighted by molar-refractivity contribution is 8.00. The number of ether oxygens (including phenoxy) is 1. The zero-order valence-electron chi connectivity index (χ0n) is 11.9. The number of amides is 1. The second-order valence-electron chi connectivity index (χ2n) is 4.35. The van der Waals surface area contributed by atoms with E-state index in [1.54, 1.807) is 31.2 Å². The molecule has 22 heavy (non-hydrogen) atoms. The molecule has 1 aromatic carbocycles. The number of carbonyl (C=O) groups is 1. The first kappa shape index (κ1) is 16.4. The Hall–Kier alpha value is -1.99. The van der Waals surface area contributed by atoms with Gasteiger partial charge >= 0.3 is 0 Å². The summed E-state index contributed by atoms with van der Waals surface area (Å²) in [5.41, 5.74) is 0.272. The third-order valence-corrected chi connectivity index (χ3v) is 3.87. The van der Waals surface area contributed by atoms with Crippen LogP contribution in [0.15, 0.2) is 40.3 Å². The molecule has 1 amide bonds. The fourth-order valence-electron chi connectivity index (χ4n) is 1.61. The van der Waals surface area contributed by atoms with E-state index in [0.717, 1.165) is 11.8 Å². The summed E-state index contributed by atoms with van der Waals surface area (Å²) in [6, 6.07) is 8.10. The van der Waals surface area contributed by atoms with Crippen molar-refractivity contribution in [2.75, 3.05) is 12.4 Å². The number of hydrogen-bond donors (Lipinski definition) is 2. The average molecular weight is 340 g/mol. The lowest BCUT2D eigenvalue weighted by Gasteiger charge is -2.11. The summed E-state index contributed by atoms with van der Waals surface area (Å²) < 4.78 is 4.93. The van der Waals surface area contributed by atoms with Gasteiger partial charge in [-0.2, -0.15) is 4.98 Å². The standard InChI is InChI=1S/C14H14ClN3O3S/c1-8(13(20)16-10-5-3-4-9(15)6-10)22-14-17-11(19)7-12(18-14)21-2/h3-8H,1-2H3,(H,16,20)(H,17,18,19). The van der Waals surface area contributed by atoms with Crippen molar-refractivity contribution in [1.82, 2.24) is 9.97 Å². The smallest absolute Gasteiger partial charge is 0.255 e. The molecule has 0 aliphatic rings. The van der Waals surface area contributed by atoms with Gasteiger partial charge in [-0.15, -0.1) is 0 Å². The maximum Gasteiger partial charge on any atom is 0.255 e. The number of aromatic amines is 1. The summed E-state index contributed by atoms with van der Waals surface area (Å²) >= 11 is 7.00. The molecule has 0 bridgehead atoms. The van der Waals surface area contributed by atoms with Gasteiger partial charge in [0.05, 0.1) is 18.4 Å². The van der Waals surface area contributed by atoms with Crippen molar-refractivity contribution in [3.63, 3.8) is 0 Å². The quantitative estimate of drug-likeness (QED) is 0.646.